The third kappa shape index (κ3) is 2.11. The Morgan fingerprint density at radius 1 is 0.676 bits per heavy atom. The van der Waals surface area contributed by atoms with Crippen molar-refractivity contribution in [2.75, 3.05) is 0 Å². The lowest BCUT2D eigenvalue weighted by Crippen LogP contribution is -2.53. The summed E-state index contributed by atoms with van der Waals surface area (Å²) in [6.07, 6.45) is 4.37. The van der Waals surface area contributed by atoms with E-state index in [1.165, 1.54) is 0 Å². The fraction of sp³-hybridized carbons (Fsp3) is 0.214. The molecule has 3 atom stereocenters. The number of hydrogen-bond acceptors (Lipinski definition) is 4. The molecule has 4 aromatic carbocycles. The van der Waals surface area contributed by atoms with E-state index >= 15 is 0 Å². The second-order valence-corrected chi connectivity index (χ2v) is 14.2. The Balaban J connectivity index is 1.79. The Morgan fingerprint density at radius 3 is 1.65 bits per heavy atom. The van der Waals surface area contributed by atoms with Gasteiger partial charge in [0.2, 0.25) is 0 Å². The summed E-state index contributed by atoms with van der Waals surface area (Å²) in [7, 11) is -8.55. The van der Waals surface area contributed by atoms with Crippen LogP contribution in [0.3, 0.4) is 0 Å². The highest BCUT2D eigenvalue weighted by Crippen LogP contribution is 2.63. The molecule has 1 spiro atoms. The summed E-state index contributed by atoms with van der Waals surface area (Å²) in [6, 6.07) is 22.1. The van der Waals surface area contributed by atoms with Crippen molar-refractivity contribution < 1.29 is 16.8 Å². The molecule has 34 heavy (non-hydrogen) atoms. The molecule has 2 aliphatic carbocycles. The summed E-state index contributed by atoms with van der Waals surface area (Å²) in [5, 5.41) is 3.26. The van der Waals surface area contributed by atoms with Gasteiger partial charge in [-0.3, -0.25) is 0 Å². The minimum absolute atomic E-state index is 0.0690. The molecule has 0 unspecified atom stereocenters. The number of hydrogen-bond donors (Lipinski definition) is 0. The van der Waals surface area contributed by atoms with E-state index in [0.29, 0.717) is 17.5 Å². The zero-order valence-electron chi connectivity index (χ0n) is 18.5. The van der Waals surface area contributed by atoms with Crippen LogP contribution < -0.4 is 0 Å². The Labute approximate surface area is 198 Å². The molecule has 0 radical (unpaired) electrons. The van der Waals surface area contributed by atoms with Crippen LogP contribution in [0.25, 0.3) is 32.7 Å². The van der Waals surface area contributed by atoms with Gasteiger partial charge in [0.1, 0.15) is 0 Å². The predicted octanol–water partition coefficient (Wildman–Crippen LogP) is 5.76. The summed E-state index contributed by atoms with van der Waals surface area (Å²) < 4.78 is 56.9. The molecule has 0 N–H and O–H groups in total. The first-order valence-electron chi connectivity index (χ1n) is 11.5. The monoisotopic (exact) mass is 486 g/mol. The SMILES string of the molecule is C[C@H]1[C@H]2C=C[C@H](C2)C12S(=O)(=O)c1ccc3ccccc3c1-c1c(ccc3ccccc13)S2(=O)=O. The maximum atomic E-state index is 14.7. The molecule has 6 heteroatoms. The molecule has 1 saturated carbocycles. The molecule has 3 aliphatic rings. The summed E-state index contributed by atoms with van der Waals surface area (Å²) in [5.74, 6) is -1.19. The van der Waals surface area contributed by atoms with Crippen molar-refractivity contribution in [3.05, 3.63) is 84.9 Å². The van der Waals surface area contributed by atoms with Crippen LogP contribution in [0.4, 0.5) is 0 Å². The van der Waals surface area contributed by atoms with E-state index in [1.807, 2.05) is 60.7 Å². The molecule has 7 rings (SSSR count). The van der Waals surface area contributed by atoms with E-state index in [1.54, 1.807) is 31.2 Å². The Morgan fingerprint density at radius 2 is 1.18 bits per heavy atom. The molecular weight excluding hydrogens is 464 g/mol. The molecule has 170 valence electrons. The standard InChI is InChI=1S/C28H22O4S2/c1-17-20-10-13-21(16-20)28(17)33(29,30)24-14-11-18-6-2-4-8-22(18)26(24)27-23-9-5-3-7-19(23)12-15-25(27)34(28,31)32/h2-15,17,20-21H,16H2,1H3/t17-,20-,21+/m0/s1. The molecular formula is C28H22O4S2. The largest absolute Gasteiger partial charge is 0.222 e. The second-order valence-electron chi connectivity index (χ2n) is 9.73. The van der Waals surface area contributed by atoms with Crippen molar-refractivity contribution in [2.24, 2.45) is 17.8 Å². The van der Waals surface area contributed by atoms with E-state index < -0.39 is 35.6 Å². The molecule has 0 saturated heterocycles. The molecule has 1 fully saturated rings. The van der Waals surface area contributed by atoms with Gasteiger partial charge in [0.15, 0.2) is 23.8 Å². The Bertz CT molecular complexity index is 1680. The smallest absolute Gasteiger partial charge is 0.200 e. The maximum absolute atomic E-state index is 14.7. The fourth-order valence-electron chi connectivity index (χ4n) is 6.88. The van der Waals surface area contributed by atoms with Crippen molar-refractivity contribution in [3.63, 3.8) is 0 Å². The van der Waals surface area contributed by atoms with E-state index in [9.17, 15) is 16.8 Å². The Hall–Kier alpha value is -2.96. The van der Waals surface area contributed by atoms with E-state index in [-0.39, 0.29) is 15.7 Å². The lowest BCUT2D eigenvalue weighted by atomic mass is 9.94. The molecule has 1 heterocycles. The first-order chi connectivity index (χ1) is 16.3. The molecule has 4 nitrogen and oxygen atoms in total. The van der Waals surface area contributed by atoms with Crippen LogP contribution in [0.1, 0.15) is 13.3 Å². The first kappa shape index (κ1) is 20.4. The van der Waals surface area contributed by atoms with Crippen molar-refractivity contribution in [2.45, 2.75) is 27.2 Å². The quantitative estimate of drug-likeness (QED) is 0.296. The number of sulfone groups is 2. The topological polar surface area (TPSA) is 68.3 Å². The highest BCUT2D eigenvalue weighted by Gasteiger charge is 2.71. The summed E-state index contributed by atoms with van der Waals surface area (Å²) in [5.41, 5.74) is 1.01. The third-order valence-corrected chi connectivity index (χ3v) is 14.5. The van der Waals surface area contributed by atoms with Crippen LogP contribution in [0.5, 0.6) is 0 Å². The highest BCUT2D eigenvalue weighted by molar-refractivity contribution is 8.10. The molecule has 0 amide bonds. The van der Waals surface area contributed by atoms with Crippen molar-refractivity contribution in [1.29, 1.82) is 0 Å². The molecule has 1 aliphatic heterocycles. The van der Waals surface area contributed by atoms with Crippen LogP contribution in [-0.4, -0.2) is 20.9 Å². The summed E-state index contributed by atoms with van der Waals surface area (Å²) in [4.78, 5) is 0.246. The summed E-state index contributed by atoms with van der Waals surface area (Å²) in [6.45, 7) is 1.80. The summed E-state index contributed by atoms with van der Waals surface area (Å²) >= 11 is 0. The third-order valence-electron chi connectivity index (χ3n) is 8.36. The molecule has 2 bridgehead atoms. The van der Waals surface area contributed by atoms with Gasteiger partial charge in [-0.25, -0.2) is 16.8 Å². The van der Waals surface area contributed by atoms with E-state index in [2.05, 4.69) is 0 Å². The normalized spacial score (nSPS) is 27.0. The zero-order chi connectivity index (χ0) is 23.5. The zero-order valence-corrected chi connectivity index (χ0v) is 20.1. The van der Waals surface area contributed by atoms with Gasteiger partial charge in [-0.1, -0.05) is 79.7 Å². The van der Waals surface area contributed by atoms with Crippen molar-refractivity contribution in [3.8, 4) is 11.1 Å². The highest BCUT2D eigenvalue weighted by atomic mass is 32.3. The van der Waals surface area contributed by atoms with Gasteiger partial charge in [0, 0.05) is 17.0 Å². The minimum atomic E-state index is -4.27. The lowest BCUT2D eigenvalue weighted by Gasteiger charge is -2.38. The van der Waals surface area contributed by atoms with Gasteiger partial charge < -0.3 is 0 Å². The first-order valence-corrected chi connectivity index (χ1v) is 14.5. The van der Waals surface area contributed by atoms with Gasteiger partial charge in [-0.05, 0) is 51.9 Å². The van der Waals surface area contributed by atoms with Gasteiger partial charge in [-0.15, -0.1) is 0 Å². The van der Waals surface area contributed by atoms with Crippen molar-refractivity contribution >= 4 is 41.2 Å². The van der Waals surface area contributed by atoms with Crippen LogP contribution in [0.2, 0.25) is 0 Å². The maximum Gasteiger partial charge on any atom is 0.200 e. The van der Waals surface area contributed by atoms with Gasteiger partial charge in [0.05, 0.1) is 9.79 Å². The number of allylic oxidation sites excluding steroid dienone is 2. The average molecular weight is 487 g/mol. The molecule has 4 aromatic rings. The lowest BCUT2D eigenvalue weighted by molar-refractivity contribution is 0.426. The second kappa shape index (κ2) is 6.37. The number of benzene rings is 4. The van der Waals surface area contributed by atoms with Crippen LogP contribution in [0, 0.1) is 17.8 Å². The number of rotatable bonds is 0. The van der Waals surface area contributed by atoms with Gasteiger partial charge >= 0.3 is 0 Å². The predicted molar refractivity (Wildman–Crippen MR) is 134 cm³/mol. The van der Waals surface area contributed by atoms with Crippen LogP contribution in [-0.2, 0) is 19.7 Å². The van der Waals surface area contributed by atoms with Gasteiger partial charge in [-0.2, -0.15) is 0 Å². The van der Waals surface area contributed by atoms with E-state index in [4.69, 9.17) is 0 Å². The van der Waals surface area contributed by atoms with Crippen molar-refractivity contribution in [1.82, 2.24) is 0 Å². The minimum Gasteiger partial charge on any atom is -0.222 e. The van der Waals surface area contributed by atoms with Crippen LogP contribution in [0.15, 0.2) is 94.7 Å². The van der Waals surface area contributed by atoms with Crippen LogP contribution >= 0.6 is 0 Å². The molecule has 0 aromatic heterocycles. The average Bonchev–Trinajstić information content (AvgIpc) is 3.42. The number of fused-ring (bicyclic) bond motifs is 10. The van der Waals surface area contributed by atoms with E-state index in [0.717, 1.165) is 21.5 Å². The fourth-order valence-corrected chi connectivity index (χ4v) is 13.2. The Kier molecular flexibility index (Phi) is 3.83. The van der Waals surface area contributed by atoms with Gasteiger partial charge in [0.25, 0.3) is 0 Å².